The summed E-state index contributed by atoms with van der Waals surface area (Å²) in [7, 11) is 0. The third-order valence-corrected chi connectivity index (χ3v) is 1.67. The van der Waals surface area contributed by atoms with Crippen LogP contribution >= 0.6 is 11.6 Å². The van der Waals surface area contributed by atoms with Crippen LogP contribution in [0.25, 0.3) is 0 Å². The molecule has 0 aliphatic heterocycles. The number of hydrogen-bond acceptors (Lipinski definition) is 1. The fraction of sp³-hybridized carbons (Fsp3) is 0. The van der Waals surface area contributed by atoms with E-state index in [2.05, 4.69) is 0 Å². The Labute approximate surface area is 71.8 Å². The molecule has 1 aromatic carbocycles. The summed E-state index contributed by atoms with van der Waals surface area (Å²) in [5, 5.41) is 8.76. The smallest absolute Gasteiger partial charge is 0.507 e. The van der Waals surface area contributed by atoms with Crippen molar-refractivity contribution in [1.29, 1.82) is 0 Å². The zero-order valence-corrected chi connectivity index (χ0v) is 6.52. The van der Waals surface area contributed by atoms with E-state index in [1.54, 1.807) is 0 Å². The predicted molar refractivity (Wildman–Crippen MR) is 41.8 cm³/mol. The molecule has 0 amide bonds. The highest BCUT2D eigenvalue weighted by Crippen LogP contribution is 2.22. The monoisotopic (exact) mass is 195 g/mol. The molecule has 1 rings (SSSR count). The van der Waals surface area contributed by atoms with E-state index < -0.39 is 18.2 Å². The van der Waals surface area contributed by atoms with E-state index >= 15 is 0 Å². The number of aromatic hydroxyl groups is 1. The van der Waals surface area contributed by atoms with Crippen LogP contribution in [-0.2, 0) is 0 Å². The predicted octanol–water partition coefficient (Wildman–Crippen LogP) is 2.10. The van der Waals surface area contributed by atoms with Crippen LogP contribution in [0.15, 0.2) is 18.2 Å². The maximum absolute atomic E-state index is 12.0. The Morgan fingerprint density at radius 3 is 2.25 bits per heavy atom. The van der Waals surface area contributed by atoms with Gasteiger partial charge in [-0.05, 0) is 12.1 Å². The Morgan fingerprint density at radius 2 is 1.83 bits per heavy atom. The minimum Gasteiger partial charge on any atom is -0.507 e. The first-order valence-electron chi connectivity index (χ1n) is 3.09. The quantitative estimate of drug-likeness (QED) is 0.680. The summed E-state index contributed by atoms with van der Waals surface area (Å²) in [6.07, 6.45) is 0. The largest absolute Gasteiger partial charge is 0.509 e. The van der Waals surface area contributed by atoms with Gasteiger partial charge in [-0.2, -0.15) is 0 Å². The summed E-state index contributed by atoms with van der Waals surface area (Å²) >= 11 is 5.32. The van der Waals surface area contributed by atoms with Gasteiger partial charge in [0.05, 0.1) is 5.02 Å². The standard InChI is InChI=1S/C6H4BClF3O/c8-5-2-1-4(3-6(5)12)7(9,10)11/h1-3,12H/q-1. The molecule has 1 aromatic rings. The summed E-state index contributed by atoms with van der Waals surface area (Å²) in [6, 6.07) is 2.46. The SMILES string of the molecule is Oc1cc([B-](F)(F)F)ccc1Cl. The third-order valence-electron chi connectivity index (χ3n) is 1.35. The molecule has 0 aromatic heterocycles. The molecule has 66 valence electrons. The molecular formula is C6H4BClF3O-. The van der Waals surface area contributed by atoms with Crippen molar-refractivity contribution in [2.45, 2.75) is 0 Å². The van der Waals surface area contributed by atoms with Crippen LogP contribution in [0.4, 0.5) is 12.9 Å². The summed E-state index contributed by atoms with van der Waals surface area (Å²) in [5.41, 5.74) is -0.850. The van der Waals surface area contributed by atoms with Crippen LogP contribution < -0.4 is 5.46 Å². The highest BCUT2D eigenvalue weighted by Gasteiger charge is 2.25. The highest BCUT2D eigenvalue weighted by atomic mass is 35.5. The van der Waals surface area contributed by atoms with Gasteiger partial charge in [0.25, 0.3) is 0 Å². The Hall–Kier alpha value is -0.835. The number of hydrogen-bond donors (Lipinski definition) is 1. The van der Waals surface area contributed by atoms with E-state index in [1.165, 1.54) is 0 Å². The van der Waals surface area contributed by atoms with Gasteiger partial charge < -0.3 is 18.1 Å². The average Bonchev–Trinajstić information content (AvgIpc) is 1.92. The van der Waals surface area contributed by atoms with Crippen LogP contribution in [0, 0.1) is 0 Å². The van der Waals surface area contributed by atoms with Gasteiger partial charge in [0.15, 0.2) is 0 Å². The lowest BCUT2D eigenvalue weighted by Crippen LogP contribution is -2.33. The topological polar surface area (TPSA) is 20.2 Å². The van der Waals surface area contributed by atoms with Crippen LogP contribution in [0.5, 0.6) is 5.75 Å². The van der Waals surface area contributed by atoms with Crippen molar-refractivity contribution >= 4 is 24.0 Å². The summed E-state index contributed by atoms with van der Waals surface area (Å²) in [6.45, 7) is -5.06. The summed E-state index contributed by atoms with van der Waals surface area (Å²) in [4.78, 5) is 0. The Balaban J connectivity index is 3.14. The van der Waals surface area contributed by atoms with Gasteiger partial charge in [0.1, 0.15) is 5.75 Å². The fourth-order valence-corrected chi connectivity index (χ4v) is 0.851. The molecule has 0 bridgehead atoms. The van der Waals surface area contributed by atoms with Gasteiger partial charge in [-0.1, -0.05) is 17.7 Å². The molecule has 0 atom stereocenters. The molecule has 0 fully saturated rings. The number of rotatable bonds is 1. The second-order valence-corrected chi connectivity index (χ2v) is 2.69. The van der Waals surface area contributed by atoms with Crippen molar-refractivity contribution in [2.75, 3.05) is 0 Å². The first-order chi connectivity index (χ1) is 5.41. The Kier molecular flexibility index (Phi) is 2.23. The molecule has 0 heterocycles. The second kappa shape index (κ2) is 2.90. The normalized spacial score (nSPS) is 11.7. The van der Waals surface area contributed by atoms with E-state index in [9.17, 15) is 12.9 Å². The molecule has 0 aliphatic rings. The Morgan fingerprint density at radius 1 is 1.25 bits per heavy atom. The van der Waals surface area contributed by atoms with Crippen molar-refractivity contribution in [3.8, 4) is 5.75 Å². The van der Waals surface area contributed by atoms with E-state index in [-0.39, 0.29) is 5.02 Å². The molecule has 1 nitrogen and oxygen atoms in total. The first kappa shape index (κ1) is 9.25. The molecule has 1 N–H and O–H groups in total. The van der Waals surface area contributed by atoms with Crippen LogP contribution in [0.2, 0.25) is 5.02 Å². The number of benzene rings is 1. The number of halogens is 4. The van der Waals surface area contributed by atoms with Gasteiger partial charge in [0, 0.05) is 0 Å². The summed E-state index contributed by atoms with van der Waals surface area (Å²) in [5.74, 6) is -0.548. The van der Waals surface area contributed by atoms with Crippen molar-refractivity contribution in [3.05, 3.63) is 23.2 Å². The van der Waals surface area contributed by atoms with Gasteiger partial charge in [0.2, 0.25) is 0 Å². The molecule has 6 heteroatoms. The molecule has 0 saturated heterocycles. The maximum Gasteiger partial charge on any atom is 0.509 e. The lowest BCUT2D eigenvalue weighted by molar-refractivity contribution is 0.473. The minimum absolute atomic E-state index is 0.0844. The lowest BCUT2D eigenvalue weighted by Gasteiger charge is -2.14. The van der Waals surface area contributed by atoms with E-state index in [4.69, 9.17) is 16.7 Å². The Bertz CT molecular complexity index is 299. The van der Waals surface area contributed by atoms with Gasteiger partial charge in [-0.25, -0.2) is 0 Å². The third kappa shape index (κ3) is 1.85. The summed E-state index contributed by atoms with van der Waals surface area (Å²) < 4.78 is 36.0. The number of phenols is 1. The zero-order chi connectivity index (χ0) is 9.35. The van der Waals surface area contributed by atoms with Gasteiger partial charge >= 0.3 is 6.98 Å². The van der Waals surface area contributed by atoms with Crippen molar-refractivity contribution in [1.82, 2.24) is 0 Å². The maximum atomic E-state index is 12.0. The lowest BCUT2D eigenvalue weighted by atomic mass is 9.80. The van der Waals surface area contributed by atoms with Crippen LogP contribution in [0.1, 0.15) is 0 Å². The molecule has 0 saturated carbocycles. The van der Waals surface area contributed by atoms with Crippen LogP contribution in [-0.4, -0.2) is 12.1 Å². The van der Waals surface area contributed by atoms with Crippen molar-refractivity contribution in [2.24, 2.45) is 0 Å². The zero-order valence-electron chi connectivity index (χ0n) is 5.77. The highest BCUT2D eigenvalue weighted by molar-refractivity contribution is 6.73. The van der Waals surface area contributed by atoms with Gasteiger partial charge in [-0.15, -0.1) is 5.46 Å². The molecular weight excluding hydrogens is 191 g/mol. The molecule has 0 aliphatic carbocycles. The van der Waals surface area contributed by atoms with E-state index in [0.717, 1.165) is 12.1 Å². The fourth-order valence-electron chi connectivity index (χ4n) is 0.733. The van der Waals surface area contributed by atoms with Crippen molar-refractivity contribution < 1.29 is 18.1 Å². The molecule has 0 unspecified atom stereocenters. The van der Waals surface area contributed by atoms with E-state index in [1.807, 2.05) is 0 Å². The average molecular weight is 195 g/mol. The molecule has 12 heavy (non-hydrogen) atoms. The molecule has 0 spiro atoms. The second-order valence-electron chi connectivity index (χ2n) is 2.29. The van der Waals surface area contributed by atoms with Crippen molar-refractivity contribution in [3.63, 3.8) is 0 Å². The minimum atomic E-state index is -5.06. The van der Waals surface area contributed by atoms with E-state index in [0.29, 0.717) is 6.07 Å². The first-order valence-corrected chi connectivity index (χ1v) is 3.47. The van der Waals surface area contributed by atoms with Crippen LogP contribution in [0.3, 0.4) is 0 Å². The number of phenolic OH excluding ortho intramolecular Hbond substituents is 1. The molecule has 0 radical (unpaired) electrons. The van der Waals surface area contributed by atoms with Gasteiger partial charge in [-0.3, -0.25) is 0 Å².